The van der Waals surface area contributed by atoms with Gasteiger partial charge in [-0.3, -0.25) is 4.98 Å². The largest absolute Gasteiger partial charge is 0.380 e. The molecule has 5 heteroatoms. The fraction of sp³-hybridized carbons (Fsp3) is 0.167. The molecule has 86 valence electrons. The number of hydrogen-bond donors (Lipinski definition) is 2. The Balaban J connectivity index is 1.81. The molecular weight excluding hydrogens is 232 g/mol. The first-order valence-corrected chi connectivity index (χ1v) is 6.27. The smallest absolute Gasteiger partial charge is 0.104 e. The molecule has 4 nitrogen and oxygen atoms in total. The van der Waals surface area contributed by atoms with E-state index in [2.05, 4.69) is 26.3 Å². The molecule has 0 atom stereocenters. The quantitative estimate of drug-likeness (QED) is 0.744. The number of aromatic amines is 1. The van der Waals surface area contributed by atoms with Crippen LogP contribution in [0.1, 0.15) is 10.7 Å². The van der Waals surface area contributed by atoms with Crippen molar-refractivity contribution in [3.8, 4) is 0 Å². The Labute approximate surface area is 103 Å². The van der Waals surface area contributed by atoms with Gasteiger partial charge in [-0.1, -0.05) is 0 Å². The van der Waals surface area contributed by atoms with Gasteiger partial charge in [-0.15, -0.1) is 11.3 Å². The fourth-order valence-electron chi connectivity index (χ4n) is 1.77. The Morgan fingerprint density at radius 1 is 1.41 bits per heavy atom. The summed E-state index contributed by atoms with van der Waals surface area (Å²) in [5.41, 5.74) is 5.01. The molecule has 2 heterocycles. The number of aromatic nitrogens is 3. The van der Waals surface area contributed by atoms with Crippen molar-refractivity contribution in [1.29, 1.82) is 0 Å². The molecule has 0 fully saturated rings. The van der Waals surface area contributed by atoms with Crippen molar-refractivity contribution in [1.82, 2.24) is 15.0 Å². The molecule has 0 aliphatic heterocycles. The number of benzene rings is 1. The summed E-state index contributed by atoms with van der Waals surface area (Å²) in [6.45, 7) is 2.77. The minimum Gasteiger partial charge on any atom is -0.380 e. The molecule has 0 bridgehead atoms. The normalized spacial score (nSPS) is 10.9. The third-order valence-electron chi connectivity index (χ3n) is 2.55. The van der Waals surface area contributed by atoms with Crippen LogP contribution in [0.4, 0.5) is 5.69 Å². The van der Waals surface area contributed by atoms with E-state index in [1.807, 2.05) is 30.8 Å². The maximum absolute atomic E-state index is 4.37. The Morgan fingerprint density at radius 3 is 3.18 bits per heavy atom. The maximum atomic E-state index is 4.37. The van der Waals surface area contributed by atoms with Crippen molar-refractivity contribution in [3.05, 3.63) is 40.6 Å². The van der Waals surface area contributed by atoms with Crippen LogP contribution >= 0.6 is 11.3 Å². The first-order chi connectivity index (χ1) is 8.31. The lowest BCUT2D eigenvalue weighted by Crippen LogP contribution is -1.96. The predicted molar refractivity (Wildman–Crippen MR) is 70.3 cm³/mol. The monoisotopic (exact) mass is 244 g/mol. The zero-order valence-electron chi connectivity index (χ0n) is 9.40. The SMILES string of the molecule is Cc1nc2ccc(NCc3cncs3)cc2[nH]1. The summed E-state index contributed by atoms with van der Waals surface area (Å²) in [6, 6.07) is 6.15. The number of aryl methyl sites for hydroxylation is 1. The summed E-state index contributed by atoms with van der Waals surface area (Å²) in [6.07, 6.45) is 1.89. The van der Waals surface area contributed by atoms with E-state index in [1.54, 1.807) is 11.3 Å². The fourth-order valence-corrected chi connectivity index (χ4v) is 2.30. The second kappa shape index (κ2) is 4.18. The third kappa shape index (κ3) is 2.14. The van der Waals surface area contributed by atoms with Crippen LogP contribution in [0, 0.1) is 6.92 Å². The lowest BCUT2D eigenvalue weighted by atomic mass is 10.3. The standard InChI is InChI=1S/C12H12N4S/c1-8-15-11-3-2-9(4-12(11)16-8)14-6-10-5-13-7-17-10/h2-5,7,14H,6H2,1H3,(H,15,16). The predicted octanol–water partition coefficient (Wildman–Crippen LogP) is 2.94. The molecule has 2 N–H and O–H groups in total. The van der Waals surface area contributed by atoms with E-state index < -0.39 is 0 Å². The van der Waals surface area contributed by atoms with Crippen molar-refractivity contribution in [2.75, 3.05) is 5.32 Å². The summed E-state index contributed by atoms with van der Waals surface area (Å²) in [7, 11) is 0. The molecule has 0 aliphatic rings. The van der Waals surface area contributed by atoms with Gasteiger partial charge in [0.15, 0.2) is 0 Å². The van der Waals surface area contributed by atoms with Gasteiger partial charge < -0.3 is 10.3 Å². The number of hydrogen-bond acceptors (Lipinski definition) is 4. The zero-order valence-corrected chi connectivity index (χ0v) is 10.2. The minimum atomic E-state index is 0.809. The van der Waals surface area contributed by atoms with Crippen LogP contribution in [0.3, 0.4) is 0 Å². The van der Waals surface area contributed by atoms with Crippen LogP contribution < -0.4 is 5.32 Å². The molecule has 3 rings (SSSR count). The zero-order chi connectivity index (χ0) is 11.7. The molecule has 0 radical (unpaired) electrons. The van der Waals surface area contributed by atoms with Crippen LogP contribution in [0.25, 0.3) is 11.0 Å². The van der Waals surface area contributed by atoms with Crippen LogP contribution in [-0.2, 0) is 6.54 Å². The molecule has 0 spiro atoms. The van der Waals surface area contributed by atoms with Crippen molar-refractivity contribution in [3.63, 3.8) is 0 Å². The van der Waals surface area contributed by atoms with Gasteiger partial charge in [0.2, 0.25) is 0 Å². The Morgan fingerprint density at radius 2 is 2.35 bits per heavy atom. The average molecular weight is 244 g/mol. The van der Waals surface area contributed by atoms with E-state index in [0.717, 1.165) is 29.1 Å². The van der Waals surface area contributed by atoms with Crippen LogP contribution in [0.2, 0.25) is 0 Å². The summed E-state index contributed by atoms with van der Waals surface area (Å²) >= 11 is 1.66. The number of H-pyrrole nitrogens is 1. The summed E-state index contributed by atoms with van der Waals surface area (Å²) in [5.74, 6) is 0.944. The third-order valence-corrected chi connectivity index (χ3v) is 3.33. The second-order valence-corrected chi connectivity index (χ2v) is 4.85. The second-order valence-electron chi connectivity index (χ2n) is 3.88. The van der Waals surface area contributed by atoms with Crippen molar-refractivity contribution < 1.29 is 0 Å². The molecule has 17 heavy (non-hydrogen) atoms. The summed E-state index contributed by atoms with van der Waals surface area (Å²) in [4.78, 5) is 12.9. The van der Waals surface area contributed by atoms with Gasteiger partial charge in [0.05, 0.1) is 23.1 Å². The number of imidazole rings is 1. The highest BCUT2D eigenvalue weighted by Gasteiger charge is 2.01. The van der Waals surface area contributed by atoms with Gasteiger partial charge in [-0.25, -0.2) is 4.98 Å². The Kier molecular flexibility index (Phi) is 2.53. The van der Waals surface area contributed by atoms with E-state index in [-0.39, 0.29) is 0 Å². The molecule has 0 unspecified atom stereocenters. The van der Waals surface area contributed by atoms with Gasteiger partial charge in [0, 0.05) is 16.8 Å². The summed E-state index contributed by atoms with van der Waals surface area (Å²) < 4.78 is 0. The van der Waals surface area contributed by atoms with Crippen molar-refractivity contribution >= 4 is 28.1 Å². The summed E-state index contributed by atoms with van der Waals surface area (Å²) in [5, 5.41) is 3.37. The number of nitrogens with one attached hydrogen (secondary N) is 2. The molecule has 3 aromatic rings. The van der Waals surface area contributed by atoms with Gasteiger partial charge in [-0.05, 0) is 25.1 Å². The molecule has 0 amide bonds. The highest BCUT2D eigenvalue weighted by Crippen LogP contribution is 2.18. The van der Waals surface area contributed by atoms with Gasteiger partial charge >= 0.3 is 0 Å². The maximum Gasteiger partial charge on any atom is 0.104 e. The van der Waals surface area contributed by atoms with Gasteiger partial charge in [0.25, 0.3) is 0 Å². The molecule has 1 aromatic carbocycles. The first-order valence-electron chi connectivity index (χ1n) is 5.39. The van der Waals surface area contributed by atoms with E-state index in [0.29, 0.717) is 0 Å². The van der Waals surface area contributed by atoms with E-state index >= 15 is 0 Å². The molecule has 0 saturated carbocycles. The number of thiazole rings is 1. The number of nitrogens with zero attached hydrogens (tertiary/aromatic N) is 2. The van der Waals surface area contributed by atoms with E-state index in [4.69, 9.17) is 0 Å². The highest BCUT2D eigenvalue weighted by atomic mass is 32.1. The Bertz CT molecular complexity index is 627. The van der Waals surface area contributed by atoms with E-state index in [1.165, 1.54) is 4.88 Å². The number of rotatable bonds is 3. The van der Waals surface area contributed by atoms with Crippen LogP contribution in [0.5, 0.6) is 0 Å². The molecule has 0 saturated heterocycles. The lowest BCUT2D eigenvalue weighted by Gasteiger charge is -2.03. The van der Waals surface area contributed by atoms with E-state index in [9.17, 15) is 0 Å². The first kappa shape index (κ1) is 10.3. The topological polar surface area (TPSA) is 53.6 Å². The lowest BCUT2D eigenvalue weighted by molar-refractivity contribution is 1.17. The molecule has 0 aliphatic carbocycles. The van der Waals surface area contributed by atoms with Crippen molar-refractivity contribution in [2.45, 2.75) is 13.5 Å². The van der Waals surface area contributed by atoms with Gasteiger partial charge in [0.1, 0.15) is 5.82 Å². The molecule has 2 aromatic heterocycles. The van der Waals surface area contributed by atoms with Gasteiger partial charge in [-0.2, -0.15) is 0 Å². The van der Waals surface area contributed by atoms with Crippen LogP contribution in [0.15, 0.2) is 29.9 Å². The highest BCUT2D eigenvalue weighted by molar-refractivity contribution is 7.09. The Hall–Kier alpha value is -1.88. The van der Waals surface area contributed by atoms with Crippen molar-refractivity contribution in [2.24, 2.45) is 0 Å². The minimum absolute atomic E-state index is 0.809. The molecular formula is C12H12N4S. The number of fused-ring (bicyclic) bond motifs is 1. The van der Waals surface area contributed by atoms with Crippen LogP contribution in [-0.4, -0.2) is 15.0 Å². The number of anilines is 1. The average Bonchev–Trinajstić information content (AvgIpc) is 2.92.